The van der Waals surface area contributed by atoms with E-state index in [0.29, 0.717) is 0 Å². The summed E-state index contributed by atoms with van der Waals surface area (Å²) >= 11 is 0. The summed E-state index contributed by atoms with van der Waals surface area (Å²) in [6, 6.07) is 0. The Hall–Kier alpha value is 0.430. The third-order valence-corrected chi connectivity index (χ3v) is 2.38. The van der Waals surface area contributed by atoms with Crippen LogP contribution in [0.3, 0.4) is 0 Å². The third kappa shape index (κ3) is 10.4. The Bertz CT molecular complexity index is 53.9. The fraction of sp³-hybridized carbons (Fsp3) is 1.00. The van der Waals surface area contributed by atoms with E-state index in [1.54, 1.807) is 0 Å². The average molecular weight is 173 g/mol. The maximum absolute atomic E-state index is 3.49. The Morgan fingerprint density at radius 3 is 1.64 bits per heavy atom. The topological polar surface area (TPSA) is 0 Å². The van der Waals surface area contributed by atoms with Crippen molar-refractivity contribution in [2.24, 2.45) is 0 Å². The van der Waals surface area contributed by atoms with Gasteiger partial charge < -0.3 is 0 Å². The predicted molar refractivity (Wildman–Crippen MR) is 55.8 cm³/mol. The van der Waals surface area contributed by atoms with E-state index in [1.165, 1.54) is 57.5 Å². The molecular weight excluding hydrogens is 151 g/mol. The highest BCUT2D eigenvalue weighted by Crippen LogP contribution is 2.08. The van der Waals surface area contributed by atoms with Crippen molar-refractivity contribution >= 4 is 9.24 Å². The zero-order valence-electron chi connectivity index (χ0n) is 7.86. The summed E-state index contributed by atoms with van der Waals surface area (Å²) in [4.78, 5) is 0. The minimum atomic E-state index is 1.18. The van der Waals surface area contributed by atoms with Gasteiger partial charge in [0.2, 0.25) is 0 Å². The molecule has 0 aliphatic carbocycles. The average Bonchev–Trinajstić information content (AvgIpc) is 2.03. The molecule has 0 bridgehead atoms. The third-order valence-electron chi connectivity index (χ3n) is 2.03. The second kappa shape index (κ2) is 10.4. The molecule has 0 unspecified atom stereocenters. The standard InChI is InChI=1S/C10H22P/c1-2-3-4-5-6-7-8-9-10-11/h11H,2-10H2,1H3. The van der Waals surface area contributed by atoms with Crippen molar-refractivity contribution in [2.45, 2.75) is 58.3 Å². The van der Waals surface area contributed by atoms with Crippen molar-refractivity contribution in [3.05, 3.63) is 0 Å². The van der Waals surface area contributed by atoms with Crippen molar-refractivity contribution in [2.75, 3.05) is 6.16 Å². The van der Waals surface area contributed by atoms with Gasteiger partial charge in [-0.05, 0) is 12.6 Å². The second-order valence-electron chi connectivity index (χ2n) is 3.22. The molecule has 0 rings (SSSR count). The SMILES string of the molecule is CCCCCCCCCC[PH]. The van der Waals surface area contributed by atoms with Gasteiger partial charge in [-0.15, -0.1) is 0 Å². The molecule has 0 atom stereocenters. The van der Waals surface area contributed by atoms with Crippen LogP contribution < -0.4 is 0 Å². The van der Waals surface area contributed by atoms with Gasteiger partial charge in [-0.1, -0.05) is 61.1 Å². The van der Waals surface area contributed by atoms with E-state index in [0.717, 1.165) is 0 Å². The van der Waals surface area contributed by atoms with E-state index >= 15 is 0 Å². The first-order valence-corrected chi connectivity index (χ1v) is 5.77. The Morgan fingerprint density at radius 2 is 1.18 bits per heavy atom. The fourth-order valence-corrected chi connectivity index (χ4v) is 1.51. The highest BCUT2D eigenvalue weighted by molar-refractivity contribution is 7.16. The molecule has 0 amide bonds. The van der Waals surface area contributed by atoms with Crippen LogP contribution in [0.1, 0.15) is 58.3 Å². The Kier molecular flexibility index (Phi) is 10.8. The number of unbranched alkanes of at least 4 members (excludes halogenated alkanes) is 7. The van der Waals surface area contributed by atoms with Crippen LogP contribution in [0.25, 0.3) is 0 Å². The van der Waals surface area contributed by atoms with Crippen molar-refractivity contribution < 1.29 is 0 Å². The van der Waals surface area contributed by atoms with Crippen LogP contribution in [0.2, 0.25) is 0 Å². The summed E-state index contributed by atoms with van der Waals surface area (Å²) in [5.41, 5.74) is 0. The van der Waals surface area contributed by atoms with Crippen LogP contribution in [0.5, 0.6) is 0 Å². The van der Waals surface area contributed by atoms with Crippen molar-refractivity contribution in [3.63, 3.8) is 0 Å². The minimum absolute atomic E-state index is 1.18. The van der Waals surface area contributed by atoms with Gasteiger partial charge in [0.15, 0.2) is 0 Å². The van der Waals surface area contributed by atoms with Crippen molar-refractivity contribution in [1.29, 1.82) is 0 Å². The molecule has 1 radical (unpaired) electrons. The summed E-state index contributed by atoms with van der Waals surface area (Å²) in [5, 5.41) is 0. The lowest BCUT2D eigenvalue weighted by atomic mass is 10.1. The van der Waals surface area contributed by atoms with E-state index in [4.69, 9.17) is 0 Å². The van der Waals surface area contributed by atoms with Crippen LogP contribution in [-0.4, -0.2) is 6.16 Å². The highest BCUT2D eigenvalue weighted by Gasteiger charge is 1.89. The van der Waals surface area contributed by atoms with Gasteiger partial charge in [-0.2, -0.15) is 0 Å². The summed E-state index contributed by atoms with van der Waals surface area (Å²) in [6.45, 7) is 2.27. The lowest BCUT2D eigenvalue weighted by molar-refractivity contribution is 0.586. The molecule has 0 aliphatic rings. The molecule has 0 fully saturated rings. The maximum Gasteiger partial charge on any atom is -0.0317 e. The molecule has 0 saturated heterocycles. The van der Waals surface area contributed by atoms with Crippen LogP contribution in [0, 0.1) is 0 Å². The predicted octanol–water partition coefficient (Wildman–Crippen LogP) is 4.27. The molecule has 0 aromatic carbocycles. The van der Waals surface area contributed by atoms with Gasteiger partial charge in [0.05, 0.1) is 0 Å². The zero-order valence-corrected chi connectivity index (χ0v) is 8.86. The molecule has 0 spiro atoms. The quantitative estimate of drug-likeness (QED) is 0.380. The fourth-order valence-electron chi connectivity index (χ4n) is 1.26. The van der Waals surface area contributed by atoms with Gasteiger partial charge in [0, 0.05) is 0 Å². The van der Waals surface area contributed by atoms with Gasteiger partial charge in [0.25, 0.3) is 0 Å². The van der Waals surface area contributed by atoms with Crippen LogP contribution in [0.4, 0.5) is 0 Å². The molecule has 0 heterocycles. The normalized spacial score (nSPS) is 10.4. The second-order valence-corrected chi connectivity index (χ2v) is 3.72. The molecule has 0 saturated carbocycles. The first-order chi connectivity index (χ1) is 5.41. The monoisotopic (exact) mass is 173 g/mol. The van der Waals surface area contributed by atoms with Gasteiger partial charge in [-0.25, -0.2) is 0 Å². The van der Waals surface area contributed by atoms with E-state index in [2.05, 4.69) is 16.2 Å². The Balaban J connectivity index is 2.69. The van der Waals surface area contributed by atoms with E-state index < -0.39 is 0 Å². The lowest BCUT2D eigenvalue weighted by Gasteiger charge is -1.98. The molecule has 0 aliphatic heterocycles. The van der Waals surface area contributed by atoms with Gasteiger partial charge >= 0.3 is 0 Å². The van der Waals surface area contributed by atoms with Gasteiger partial charge in [-0.3, -0.25) is 0 Å². The summed E-state index contributed by atoms with van der Waals surface area (Å²) in [7, 11) is 3.49. The largest absolute Gasteiger partial charge is 0.0992 e. The lowest BCUT2D eigenvalue weighted by Crippen LogP contribution is -1.80. The zero-order chi connectivity index (χ0) is 8.36. The molecule has 11 heavy (non-hydrogen) atoms. The number of rotatable bonds is 8. The Labute approximate surface area is 74.4 Å². The molecule has 1 heteroatoms. The Morgan fingerprint density at radius 1 is 0.727 bits per heavy atom. The van der Waals surface area contributed by atoms with Crippen LogP contribution in [-0.2, 0) is 0 Å². The maximum atomic E-state index is 3.49. The molecule has 0 aromatic rings. The van der Waals surface area contributed by atoms with Crippen molar-refractivity contribution in [1.82, 2.24) is 0 Å². The molecule has 0 aromatic heterocycles. The molecule has 0 nitrogen and oxygen atoms in total. The van der Waals surface area contributed by atoms with Gasteiger partial charge in [0.1, 0.15) is 0 Å². The number of hydrogen-bond acceptors (Lipinski definition) is 0. The smallest absolute Gasteiger partial charge is 0.0317 e. The number of hydrogen-bond donors (Lipinski definition) is 0. The summed E-state index contributed by atoms with van der Waals surface area (Å²) < 4.78 is 0. The summed E-state index contributed by atoms with van der Waals surface area (Å²) in [5.74, 6) is 0. The minimum Gasteiger partial charge on any atom is -0.0992 e. The van der Waals surface area contributed by atoms with E-state index in [9.17, 15) is 0 Å². The highest BCUT2D eigenvalue weighted by atomic mass is 31.0. The first-order valence-electron chi connectivity index (χ1n) is 5.06. The molecule has 67 valence electrons. The van der Waals surface area contributed by atoms with Crippen molar-refractivity contribution in [3.8, 4) is 0 Å². The first kappa shape index (κ1) is 11.4. The molecule has 0 N–H and O–H groups in total. The van der Waals surface area contributed by atoms with Crippen LogP contribution in [0.15, 0.2) is 0 Å². The van der Waals surface area contributed by atoms with Crippen LogP contribution >= 0.6 is 9.24 Å². The summed E-state index contributed by atoms with van der Waals surface area (Å²) in [6.07, 6.45) is 12.5. The molecular formula is C10H22P. The van der Waals surface area contributed by atoms with E-state index in [1.807, 2.05) is 0 Å². The van der Waals surface area contributed by atoms with E-state index in [-0.39, 0.29) is 0 Å².